The molecule has 0 fully saturated rings. The lowest BCUT2D eigenvalue weighted by Crippen LogP contribution is -2.29. The van der Waals surface area contributed by atoms with E-state index < -0.39 is 23.7 Å². The predicted molar refractivity (Wildman–Crippen MR) is 86.9 cm³/mol. The standard InChI is InChI=1S/C18H17FN2O4/c1-24-18(23)15-5-2-4-14(20-15)17(22)21-13-6-3-9-25-16-8-7-11(19)10-12(13)16/h2,4-5,7-8,10,13H,3,6,9H2,1H3,(H,21,22)/t13-/m0/s1. The number of amides is 1. The number of benzene rings is 1. The van der Waals surface area contributed by atoms with Crippen molar-refractivity contribution < 1.29 is 23.5 Å². The van der Waals surface area contributed by atoms with Crippen molar-refractivity contribution in [3.63, 3.8) is 0 Å². The topological polar surface area (TPSA) is 77.5 Å². The number of pyridine rings is 1. The monoisotopic (exact) mass is 344 g/mol. The molecule has 130 valence electrons. The number of aromatic nitrogens is 1. The molecule has 0 spiro atoms. The normalized spacial score (nSPS) is 16.2. The van der Waals surface area contributed by atoms with Crippen LogP contribution in [-0.2, 0) is 4.74 Å². The zero-order chi connectivity index (χ0) is 17.8. The molecule has 6 nitrogen and oxygen atoms in total. The van der Waals surface area contributed by atoms with E-state index in [1.807, 2.05) is 0 Å². The van der Waals surface area contributed by atoms with Crippen molar-refractivity contribution in [3.05, 3.63) is 59.2 Å². The van der Waals surface area contributed by atoms with Crippen LogP contribution >= 0.6 is 0 Å². The van der Waals surface area contributed by atoms with Gasteiger partial charge in [0.25, 0.3) is 5.91 Å². The largest absolute Gasteiger partial charge is 0.493 e. The Balaban J connectivity index is 1.84. The molecule has 0 saturated carbocycles. The molecule has 0 unspecified atom stereocenters. The summed E-state index contributed by atoms with van der Waals surface area (Å²) in [6.07, 6.45) is 1.33. The van der Waals surface area contributed by atoms with E-state index in [1.165, 1.54) is 31.4 Å². The first-order chi connectivity index (χ1) is 12.1. The van der Waals surface area contributed by atoms with E-state index >= 15 is 0 Å². The molecule has 1 aromatic carbocycles. The van der Waals surface area contributed by atoms with Gasteiger partial charge in [-0.3, -0.25) is 4.79 Å². The third kappa shape index (κ3) is 3.76. The highest BCUT2D eigenvalue weighted by atomic mass is 19.1. The van der Waals surface area contributed by atoms with Crippen LogP contribution in [0.5, 0.6) is 5.75 Å². The van der Waals surface area contributed by atoms with Crippen LogP contribution in [0.15, 0.2) is 36.4 Å². The van der Waals surface area contributed by atoms with Crippen LogP contribution in [0.3, 0.4) is 0 Å². The first-order valence-corrected chi connectivity index (χ1v) is 7.87. The Kier molecular flexibility index (Phi) is 4.92. The molecule has 0 aliphatic carbocycles. The number of hydrogen-bond donors (Lipinski definition) is 1. The van der Waals surface area contributed by atoms with Gasteiger partial charge >= 0.3 is 5.97 Å². The Morgan fingerprint density at radius 3 is 2.88 bits per heavy atom. The molecule has 1 aliphatic heterocycles. The highest BCUT2D eigenvalue weighted by molar-refractivity contribution is 5.94. The molecule has 7 heteroatoms. The van der Waals surface area contributed by atoms with Crippen LogP contribution in [0, 0.1) is 5.82 Å². The maximum absolute atomic E-state index is 13.6. The molecule has 0 radical (unpaired) electrons. The van der Waals surface area contributed by atoms with Crippen molar-refractivity contribution in [1.82, 2.24) is 10.3 Å². The fourth-order valence-electron chi connectivity index (χ4n) is 2.71. The van der Waals surface area contributed by atoms with E-state index in [9.17, 15) is 14.0 Å². The fourth-order valence-corrected chi connectivity index (χ4v) is 2.71. The molecule has 3 rings (SSSR count). The minimum atomic E-state index is -0.620. The number of methoxy groups -OCH3 is 1. The van der Waals surface area contributed by atoms with E-state index in [0.29, 0.717) is 24.3 Å². The highest BCUT2D eigenvalue weighted by Crippen LogP contribution is 2.32. The van der Waals surface area contributed by atoms with Gasteiger partial charge in [-0.1, -0.05) is 6.07 Å². The molecule has 2 aromatic rings. The molecule has 2 heterocycles. The van der Waals surface area contributed by atoms with Crippen LogP contribution in [0.4, 0.5) is 4.39 Å². The average Bonchev–Trinajstić information content (AvgIpc) is 2.83. The lowest BCUT2D eigenvalue weighted by atomic mass is 10.0. The second kappa shape index (κ2) is 7.29. The molecule has 1 aliphatic rings. The predicted octanol–water partition coefficient (Wildman–Crippen LogP) is 2.65. The van der Waals surface area contributed by atoms with Crippen molar-refractivity contribution in [1.29, 1.82) is 0 Å². The number of hydrogen-bond acceptors (Lipinski definition) is 5. The van der Waals surface area contributed by atoms with Gasteiger partial charge in [0.1, 0.15) is 23.0 Å². The molecule has 1 amide bonds. The molecular weight excluding hydrogens is 327 g/mol. The first-order valence-electron chi connectivity index (χ1n) is 7.87. The number of fused-ring (bicyclic) bond motifs is 1. The number of esters is 1. The Morgan fingerprint density at radius 1 is 1.28 bits per heavy atom. The summed E-state index contributed by atoms with van der Waals surface area (Å²) in [5.41, 5.74) is 0.729. The smallest absolute Gasteiger partial charge is 0.356 e. The number of halogens is 1. The van der Waals surface area contributed by atoms with Crippen molar-refractivity contribution >= 4 is 11.9 Å². The number of nitrogens with one attached hydrogen (secondary N) is 1. The molecule has 0 bridgehead atoms. The lowest BCUT2D eigenvalue weighted by molar-refractivity contribution is 0.0594. The first kappa shape index (κ1) is 16.9. The summed E-state index contributed by atoms with van der Waals surface area (Å²) in [6.45, 7) is 0.501. The van der Waals surface area contributed by atoms with Gasteiger partial charge in [-0.2, -0.15) is 0 Å². The third-order valence-corrected chi connectivity index (χ3v) is 3.92. The van der Waals surface area contributed by atoms with E-state index in [0.717, 1.165) is 6.42 Å². The van der Waals surface area contributed by atoms with Gasteiger partial charge in [0, 0.05) is 5.56 Å². The van der Waals surface area contributed by atoms with Crippen LogP contribution in [0.25, 0.3) is 0 Å². The zero-order valence-corrected chi connectivity index (χ0v) is 13.6. The molecule has 1 atom stereocenters. The van der Waals surface area contributed by atoms with Crippen LogP contribution in [-0.4, -0.2) is 30.6 Å². The summed E-state index contributed by atoms with van der Waals surface area (Å²) in [6, 6.07) is 8.37. The summed E-state index contributed by atoms with van der Waals surface area (Å²) in [4.78, 5) is 28.1. The number of rotatable bonds is 3. The summed E-state index contributed by atoms with van der Waals surface area (Å²) in [7, 11) is 1.24. The van der Waals surface area contributed by atoms with E-state index in [4.69, 9.17) is 4.74 Å². The average molecular weight is 344 g/mol. The molecule has 1 N–H and O–H groups in total. The van der Waals surface area contributed by atoms with Gasteiger partial charge in [-0.25, -0.2) is 14.2 Å². The van der Waals surface area contributed by atoms with E-state index in [2.05, 4.69) is 15.0 Å². The van der Waals surface area contributed by atoms with E-state index in [-0.39, 0.29) is 11.4 Å². The number of ether oxygens (including phenoxy) is 2. The minimum Gasteiger partial charge on any atom is -0.493 e. The van der Waals surface area contributed by atoms with Gasteiger partial charge in [-0.05, 0) is 43.2 Å². The molecular formula is C18H17FN2O4. The Labute approximate surface area is 144 Å². The van der Waals surface area contributed by atoms with Gasteiger partial charge in [-0.15, -0.1) is 0 Å². The lowest BCUT2D eigenvalue weighted by Gasteiger charge is -2.18. The second-order valence-electron chi connectivity index (χ2n) is 5.60. The fraction of sp³-hybridized carbons (Fsp3) is 0.278. The van der Waals surface area contributed by atoms with Crippen molar-refractivity contribution in [3.8, 4) is 5.75 Å². The quantitative estimate of drug-likeness (QED) is 0.866. The van der Waals surface area contributed by atoms with Crippen LogP contribution in [0.1, 0.15) is 45.4 Å². The number of carbonyl (C=O) groups is 2. The van der Waals surface area contributed by atoms with Gasteiger partial charge in [0.05, 0.1) is 19.8 Å². The molecule has 0 saturated heterocycles. The van der Waals surface area contributed by atoms with Crippen LogP contribution < -0.4 is 10.1 Å². The van der Waals surface area contributed by atoms with Crippen molar-refractivity contribution in [2.24, 2.45) is 0 Å². The zero-order valence-electron chi connectivity index (χ0n) is 13.6. The number of nitrogens with zero attached hydrogens (tertiary/aromatic N) is 1. The molecule has 25 heavy (non-hydrogen) atoms. The third-order valence-electron chi connectivity index (χ3n) is 3.92. The van der Waals surface area contributed by atoms with Crippen LogP contribution in [0.2, 0.25) is 0 Å². The Bertz CT molecular complexity index is 809. The Morgan fingerprint density at radius 2 is 2.08 bits per heavy atom. The summed E-state index contributed by atoms with van der Waals surface area (Å²) >= 11 is 0. The maximum atomic E-state index is 13.6. The summed E-state index contributed by atoms with van der Waals surface area (Å²) in [5, 5.41) is 2.84. The van der Waals surface area contributed by atoms with Gasteiger partial charge < -0.3 is 14.8 Å². The second-order valence-corrected chi connectivity index (χ2v) is 5.60. The van der Waals surface area contributed by atoms with Gasteiger partial charge in [0.15, 0.2) is 0 Å². The molecule has 1 aromatic heterocycles. The van der Waals surface area contributed by atoms with Crippen molar-refractivity contribution in [2.75, 3.05) is 13.7 Å². The summed E-state index contributed by atoms with van der Waals surface area (Å²) < 4.78 is 23.8. The van der Waals surface area contributed by atoms with Crippen molar-refractivity contribution in [2.45, 2.75) is 18.9 Å². The maximum Gasteiger partial charge on any atom is 0.356 e. The highest BCUT2D eigenvalue weighted by Gasteiger charge is 2.23. The Hall–Kier alpha value is -2.96. The SMILES string of the molecule is COC(=O)c1cccc(C(=O)N[C@H]2CCCOc3ccc(F)cc32)n1. The minimum absolute atomic E-state index is 0.0470. The van der Waals surface area contributed by atoms with Gasteiger partial charge in [0.2, 0.25) is 0 Å². The van der Waals surface area contributed by atoms with E-state index in [1.54, 1.807) is 12.1 Å². The summed E-state index contributed by atoms with van der Waals surface area (Å²) in [5.74, 6) is -0.910. The number of carbonyl (C=O) groups excluding carboxylic acids is 2.